The highest BCUT2D eigenvalue weighted by molar-refractivity contribution is 6.50. The van der Waals surface area contributed by atoms with E-state index in [9.17, 15) is 34.5 Å². The molecule has 0 radical (unpaired) electrons. The largest absolute Gasteiger partial charge is 0.673 e. The van der Waals surface area contributed by atoms with Crippen molar-refractivity contribution < 1.29 is 48.2 Å². The van der Waals surface area contributed by atoms with Gasteiger partial charge in [0.05, 0.1) is 52.4 Å². The third-order valence-electron chi connectivity index (χ3n) is 7.21. The molecule has 2 heterocycles. The second-order valence-corrected chi connectivity index (χ2v) is 9.80. The molecule has 0 aromatic heterocycles. The van der Waals surface area contributed by atoms with Crippen LogP contribution in [-0.4, -0.2) is 89.0 Å². The zero-order chi connectivity index (χ0) is 26.8. The lowest BCUT2D eigenvalue weighted by molar-refractivity contribution is -0.931. The molecular weight excluding hydrogens is 482 g/mol. The molecule has 0 aromatic carbocycles. The first-order valence-corrected chi connectivity index (χ1v) is 13.3. The maximum atomic E-state index is 9.75. The molecule has 2 saturated heterocycles. The minimum atomic E-state index is -6.00. The predicted molar refractivity (Wildman–Crippen MR) is 128 cm³/mol. The van der Waals surface area contributed by atoms with Gasteiger partial charge in [-0.1, -0.05) is 0 Å². The Bertz CT molecular complexity index is 457. The van der Waals surface area contributed by atoms with Crippen molar-refractivity contribution in [3.05, 3.63) is 0 Å². The number of halogens is 8. The maximum absolute atomic E-state index is 9.75. The summed E-state index contributed by atoms with van der Waals surface area (Å²) < 4.78 is 86.7. The molecule has 3 nitrogen and oxygen atoms in total. The van der Waals surface area contributed by atoms with Crippen LogP contribution in [0.4, 0.5) is 34.5 Å². The first-order chi connectivity index (χ1) is 16.2. The maximum Gasteiger partial charge on any atom is 0.673 e. The molecule has 0 aliphatic carbocycles. The van der Waals surface area contributed by atoms with Crippen molar-refractivity contribution in [1.82, 2.24) is 0 Å². The van der Waals surface area contributed by atoms with Crippen LogP contribution in [0, 0.1) is 0 Å². The third kappa shape index (κ3) is 21.3. The summed E-state index contributed by atoms with van der Waals surface area (Å²) in [6.45, 7) is 17.9. The van der Waals surface area contributed by atoms with Gasteiger partial charge >= 0.3 is 14.5 Å². The van der Waals surface area contributed by atoms with E-state index in [1.807, 2.05) is 0 Å². The molecule has 212 valence electrons. The summed E-state index contributed by atoms with van der Waals surface area (Å²) in [6.07, 6.45) is 13.9. The SMILES string of the molecule is CC[N+]1(CCCCOCCCC[N+]2(CC)CCCCC2)CCCCC1.F[B-](F)(F)F.F[B-](F)(F)F. The van der Waals surface area contributed by atoms with Gasteiger partial charge in [0.25, 0.3) is 0 Å². The van der Waals surface area contributed by atoms with E-state index in [-0.39, 0.29) is 0 Å². The van der Waals surface area contributed by atoms with E-state index in [2.05, 4.69) is 13.8 Å². The van der Waals surface area contributed by atoms with Crippen molar-refractivity contribution >= 4 is 14.5 Å². The zero-order valence-electron chi connectivity index (χ0n) is 21.6. The minimum Gasteiger partial charge on any atom is -0.418 e. The molecular formula is C22H46B2F8N2O. The summed E-state index contributed by atoms with van der Waals surface area (Å²) in [5.74, 6) is 0. The second kappa shape index (κ2) is 17.8. The smallest absolute Gasteiger partial charge is 0.418 e. The Morgan fingerprint density at radius 1 is 0.514 bits per heavy atom. The fourth-order valence-electron chi connectivity index (χ4n) is 5.17. The van der Waals surface area contributed by atoms with Gasteiger partial charge in [-0.15, -0.1) is 0 Å². The number of rotatable bonds is 12. The Morgan fingerprint density at radius 3 is 1.06 bits per heavy atom. The summed E-state index contributed by atoms with van der Waals surface area (Å²) in [6, 6.07) is 0. The molecule has 0 atom stereocenters. The normalized spacial score (nSPS) is 19.7. The number of quaternary nitrogens is 2. The van der Waals surface area contributed by atoms with Crippen molar-refractivity contribution in [1.29, 1.82) is 0 Å². The van der Waals surface area contributed by atoms with Crippen LogP contribution in [0.3, 0.4) is 0 Å². The molecule has 2 aliphatic heterocycles. The monoisotopic (exact) mass is 528 g/mol. The highest BCUT2D eigenvalue weighted by Crippen LogP contribution is 2.20. The van der Waals surface area contributed by atoms with Gasteiger partial charge in [-0.05, 0) is 78.1 Å². The Morgan fingerprint density at radius 2 is 0.800 bits per heavy atom. The van der Waals surface area contributed by atoms with Crippen LogP contribution in [0.15, 0.2) is 0 Å². The average molecular weight is 528 g/mol. The molecule has 0 unspecified atom stereocenters. The van der Waals surface area contributed by atoms with Gasteiger partial charge in [-0.2, -0.15) is 0 Å². The van der Waals surface area contributed by atoms with Crippen molar-refractivity contribution in [2.75, 3.05) is 65.6 Å². The van der Waals surface area contributed by atoms with Crippen LogP contribution in [-0.2, 0) is 4.74 Å². The molecule has 2 rings (SSSR count). The molecule has 0 aromatic rings. The summed E-state index contributed by atoms with van der Waals surface area (Å²) in [7, 11) is -12.0. The number of hydrogen-bond donors (Lipinski definition) is 0. The van der Waals surface area contributed by atoms with E-state index < -0.39 is 14.5 Å². The molecule has 0 bridgehead atoms. The lowest BCUT2D eigenvalue weighted by Gasteiger charge is -2.41. The molecule has 2 fully saturated rings. The summed E-state index contributed by atoms with van der Waals surface area (Å²) >= 11 is 0. The van der Waals surface area contributed by atoms with Crippen LogP contribution in [0.2, 0.25) is 0 Å². The Balaban J connectivity index is 0.000000975. The summed E-state index contributed by atoms with van der Waals surface area (Å²) in [5.41, 5.74) is 0. The number of likely N-dealkylation sites (tertiary alicyclic amines) is 2. The molecule has 0 spiro atoms. The van der Waals surface area contributed by atoms with Crippen LogP contribution in [0.25, 0.3) is 0 Å². The third-order valence-corrected chi connectivity index (χ3v) is 7.21. The zero-order valence-corrected chi connectivity index (χ0v) is 21.6. The average Bonchev–Trinajstić information content (AvgIpc) is 2.77. The molecule has 0 N–H and O–H groups in total. The highest BCUT2D eigenvalue weighted by Gasteiger charge is 2.28. The van der Waals surface area contributed by atoms with E-state index in [4.69, 9.17) is 4.74 Å². The topological polar surface area (TPSA) is 9.23 Å². The van der Waals surface area contributed by atoms with Crippen LogP contribution >= 0.6 is 0 Å². The number of hydrogen-bond acceptors (Lipinski definition) is 1. The number of ether oxygens (including phenoxy) is 1. The van der Waals surface area contributed by atoms with E-state index in [1.54, 1.807) is 0 Å². The molecule has 0 amide bonds. The van der Waals surface area contributed by atoms with Crippen molar-refractivity contribution in [2.24, 2.45) is 0 Å². The van der Waals surface area contributed by atoms with Gasteiger partial charge in [0, 0.05) is 13.2 Å². The lowest BCUT2D eigenvalue weighted by Crippen LogP contribution is -2.51. The van der Waals surface area contributed by atoms with E-state index in [0.717, 1.165) is 13.2 Å². The molecule has 35 heavy (non-hydrogen) atoms. The van der Waals surface area contributed by atoms with Crippen LogP contribution in [0.1, 0.15) is 78.1 Å². The second-order valence-electron chi connectivity index (χ2n) is 9.80. The van der Waals surface area contributed by atoms with Gasteiger partial charge in [-0.3, -0.25) is 0 Å². The Labute approximate surface area is 206 Å². The predicted octanol–water partition coefficient (Wildman–Crippen LogP) is 7.20. The fraction of sp³-hybridized carbons (Fsp3) is 1.00. The van der Waals surface area contributed by atoms with Crippen molar-refractivity contribution in [2.45, 2.75) is 78.1 Å². The van der Waals surface area contributed by atoms with E-state index in [1.165, 1.54) is 126 Å². The lowest BCUT2D eigenvalue weighted by atomic mass is 10.1. The summed E-state index contributed by atoms with van der Waals surface area (Å²) in [5, 5.41) is 0. The standard InChI is InChI=1S/C22H46N2O.2BF4/c1-3-23(15-7-5-8-16-23)19-11-13-21-25-22-14-12-20-24(4-2)17-9-6-10-18-24;2*2-1(3,4)5/h3-22H2,1-2H3;;/q+2;2*-1. The molecule has 0 saturated carbocycles. The van der Waals surface area contributed by atoms with Crippen molar-refractivity contribution in [3.63, 3.8) is 0 Å². The van der Waals surface area contributed by atoms with Crippen LogP contribution < -0.4 is 0 Å². The Hall–Kier alpha value is -0.550. The van der Waals surface area contributed by atoms with Gasteiger partial charge in [0.1, 0.15) is 0 Å². The number of unbranched alkanes of at least 4 members (excludes halogenated alkanes) is 2. The molecule has 13 heteroatoms. The van der Waals surface area contributed by atoms with Gasteiger partial charge in [0.2, 0.25) is 0 Å². The Kier molecular flexibility index (Phi) is 17.5. The van der Waals surface area contributed by atoms with Gasteiger partial charge in [0.15, 0.2) is 0 Å². The van der Waals surface area contributed by atoms with E-state index >= 15 is 0 Å². The quantitative estimate of drug-likeness (QED) is 0.113. The fourth-order valence-corrected chi connectivity index (χ4v) is 5.17. The van der Waals surface area contributed by atoms with Gasteiger partial charge < -0.3 is 48.2 Å². The first kappa shape index (κ1) is 34.4. The molecule has 2 aliphatic rings. The number of nitrogens with zero attached hydrogens (tertiary/aromatic N) is 2. The van der Waals surface area contributed by atoms with Gasteiger partial charge in [-0.25, -0.2) is 0 Å². The first-order valence-electron chi connectivity index (χ1n) is 13.3. The van der Waals surface area contributed by atoms with E-state index in [0.29, 0.717) is 0 Å². The summed E-state index contributed by atoms with van der Waals surface area (Å²) in [4.78, 5) is 0. The number of piperidine rings is 2. The van der Waals surface area contributed by atoms with Crippen LogP contribution in [0.5, 0.6) is 0 Å². The van der Waals surface area contributed by atoms with Crippen molar-refractivity contribution in [3.8, 4) is 0 Å². The highest BCUT2D eigenvalue weighted by atomic mass is 19.5. The minimum absolute atomic E-state index is 0.984.